The summed E-state index contributed by atoms with van der Waals surface area (Å²) >= 11 is 0. The van der Waals surface area contributed by atoms with E-state index in [9.17, 15) is 24.7 Å². The molecule has 0 spiro atoms. The summed E-state index contributed by atoms with van der Waals surface area (Å²) in [6, 6.07) is 3.61. The maximum Gasteiger partial charge on any atom is 0.311 e. The van der Waals surface area contributed by atoms with Crippen molar-refractivity contribution in [2.75, 3.05) is 13.3 Å². The summed E-state index contributed by atoms with van der Waals surface area (Å²) in [7, 11) is -2.64. The van der Waals surface area contributed by atoms with E-state index in [2.05, 4.69) is 0 Å². The molecule has 9 heteroatoms. The van der Waals surface area contributed by atoms with Gasteiger partial charge in [0, 0.05) is 18.8 Å². The predicted octanol–water partition coefficient (Wildman–Crippen LogP) is 1.38. The molecule has 1 aromatic rings. The lowest BCUT2D eigenvalue weighted by Gasteiger charge is -2.18. The van der Waals surface area contributed by atoms with E-state index < -0.39 is 18.1 Å². The van der Waals surface area contributed by atoms with E-state index in [-0.39, 0.29) is 29.6 Å². The predicted molar refractivity (Wildman–Crippen MR) is 72.4 cm³/mol. The van der Waals surface area contributed by atoms with Crippen LogP contribution >= 0.6 is 7.37 Å². The van der Waals surface area contributed by atoms with E-state index in [1.165, 1.54) is 25.8 Å². The molecule has 0 heterocycles. The van der Waals surface area contributed by atoms with Crippen LogP contribution in [0.3, 0.4) is 0 Å². The zero-order valence-electron chi connectivity index (χ0n) is 10.8. The third kappa shape index (κ3) is 3.77. The molecule has 2 unspecified atom stereocenters. The van der Waals surface area contributed by atoms with Crippen LogP contribution in [0.15, 0.2) is 18.2 Å². The molecule has 0 bridgehead atoms. The highest BCUT2D eigenvalue weighted by atomic mass is 31.2. The van der Waals surface area contributed by atoms with Gasteiger partial charge in [-0.15, -0.1) is 0 Å². The third-order valence-electron chi connectivity index (χ3n) is 2.70. The zero-order chi connectivity index (χ0) is 15.3. The van der Waals surface area contributed by atoms with E-state index in [0.717, 1.165) is 6.07 Å². The molecule has 1 aromatic carbocycles. The number of aliphatic hydroxyl groups excluding tert-OH is 1. The first-order valence-corrected chi connectivity index (χ1v) is 7.60. The third-order valence-corrected chi connectivity index (χ3v) is 4.66. The number of ether oxygens (including phenoxy) is 1. The Morgan fingerprint density at radius 1 is 1.60 bits per heavy atom. The van der Waals surface area contributed by atoms with Crippen molar-refractivity contribution in [1.29, 1.82) is 0 Å². The minimum atomic E-state index is -3.91. The Kier molecular flexibility index (Phi) is 5.64. The fraction of sp³-hybridized carbons (Fsp3) is 0.364. The number of nitrogens with zero attached hydrogens (tertiary/aromatic N) is 1. The molecule has 0 aliphatic carbocycles. The van der Waals surface area contributed by atoms with Crippen LogP contribution in [-0.2, 0) is 4.57 Å². The topological polar surface area (TPSA) is 136 Å². The number of rotatable bonds is 7. The zero-order valence-corrected chi connectivity index (χ0v) is 11.7. The number of benzene rings is 1. The van der Waals surface area contributed by atoms with Gasteiger partial charge in [-0.2, -0.15) is 0 Å². The Morgan fingerprint density at radius 2 is 2.25 bits per heavy atom. The summed E-state index contributed by atoms with van der Waals surface area (Å²) in [5.41, 5.74) is 4.74. The second kappa shape index (κ2) is 6.81. The van der Waals surface area contributed by atoms with Crippen LogP contribution in [0.4, 0.5) is 5.69 Å². The molecule has 111 valence electrons. The number of nitrogens with two attached hydrogens (primary N) is 1. The average Bonchev–Trinajstić information content (AvgIpc) is 2.43. The second-order valence-corrected chi connectivity index (χ2v) is 6.51. The van der Waals surface area contributed by atoms with Crippen molar-refractivity contribution < 1.29 is 24.2 Å². The van der Waals surface area contributed by atoms with Gasteiger partial charge in [0.1, 0.15) is 0 Å². The first-order valence-electron chi connectivity index (χ1n) is 5.68. The molecular weight excluding hydrogens is 287 g/mol. The summed E-state index contributed by atoms with van der Waals surface area (Å²) in [5.74, 6) is -1.69. The van der Waals surface area contributed by atoms with Gasteiger partial charge < -0.3 is 20.5 Å². The van der Waals surface area contributed by atoms with Gasteiger partial charge in [-0.05, 0) is 18.1 Å². The lowest BCUT2D eigenvalue weighted by Crippen LogP contribution is -2.05. The van der Waals surface area contributed by atoms with Crippen molar-refractivity contribution in [2.24, 2.45) is 5.73 Å². The molecular formula is C11H16N2O6P. The van der Waals surface area contributed by atoms with Crippen molar-refractivity contribution in [3.63, 3.8) is 0 Å². The molecule has 0 amide bonds. The molecule has 20 heavy (non-hydrogen) atoms. The van der Waals surface area contributed by atoms with Gasteiger partial charge in [0.25, 0.3) is 0 Å². The molecule has 2 atom stereocenters. The van der Waals surface area contributed by atoms with Crippen molar-refractivity contribution in [2.45, 2.75) is 12.3 Å². The van der Waals surface area contributed by atoms with Gasteiger partial charge in [-0.3, -0.25) is 14.7 Å². The maximum atomic E-state index is 11.9. The minimum absolute atomic E-state index is 0.00835. The summed E-state index contributed by atoms with van der Waals surface area (Å²) < 4.78 is 16.8. The molecule has 1 radical (unpaired) electrons. The number of nitro benzene ring substituents is 1. The molecule has 8 nitrogen and oxygen atoms in total. The molecule has 0 saturated carbocycles. The smallest absolute Gasteiger partial charge is 0.311 e. The number of aliphatic hydroxyl groups is 1. The quantitative estimate of drug-likeness (QED) is 0.393. The van der Waals surface area contributed by atoms with Crippen LogP contribution in [0, 0.1) is 16.7 Å². The standard InChI is InChI=1S/C11H16N2O6P/c1-19-10-4-3-8(7-9(10)13(15)16)11(14)20(17,18)6-2-5-12/h3-5,7,11,14H,2,6,12H2,1H3,(H,17,18). The summed E-state index contributed by atoms with van der Waals surface area (Å²) in [5, 5.41) is 20.8. The van der Waals surface area contributed by atoms with E-state index in [1.54, 1.807) is 0 Å². The minimum Gasteiger partial charge on any atom is -0.490 e. The monoisotopic (exact) mass is 303 g/mol. The lowest BCUT2D eigenvalue weighted by atomic mass is 10.2. The van der Waals surface area contributed by atoms with Crippen molar-refractivity contribution in [3.8, 4) is 5.75 Å². The first kappa shape index (κ1) is 16.6. The van der Waals surface area contributed by atoms with Crippen LogP contribution in [0.1, 0.15) is 17.8 Å². The Morgan fingerprint density at radius 3 is 2.75 bits per heavy atom. The highest BCUT2D eigenvalue weighted by Gasteiger charge is 2.31. The highest BCUT2D eigenvalue weighted by Crippen LogP contribution is 2.54. The number of hydrogen-bond acceptors (Lipinski definition) is 6. The molecule has 1 rings (SSSR count). The van der Waals surface area contributed by atoms with Crippen LogP contribution < -0.4 is 10.5 Å². The number of methoxy groups -OCH3 is 1. The Hall–Kier alpha value is -1.47. The van der Waals surface area contributed by atoms with Gasteiger partial charge in [-0.1, -0.05) is 6.07 Å². The van der Waals surface area contributed by atoms with Crippen LogP contribution in [-0.4, -0.2) is 28.2 Å². The summed E-state index contributed by atoms with van der Waals surface area (Å²) in [6.07, 6.45) is -0.0480. The fourth-order valence-electron chi connectivity index (χ4n) is 1.63. The van der Waals surface area contributed by atoms with Gasteiger partial charge in [0.05, 0.1) is 12.0 Å². The highest BCUT2D eigenvalue weighted by molar-refractivity contribution is 7.58. The van der Waals surface area contributed by atoms with Gasteiger partial charge in [-0.25, -0.2) is 0 Å². The van der Waals surface area contributed by atoms with Crippen LogP contribution in [0.25, 0.3) is 0 Å². The average molecular weight is 303 g/mol. The van der Waals surface area contributed by atoms with E-state index in [1.807, 2.05) is 0 Å². The fourth-order valence-corrected chi connectivity index (χ4v) is 3.02. The van der Waals surface area contributed by atoms with Gasteiger partial charge in [0.2, 0.25) is 7.37 Å². The Balaban J connectivity index is 3.10. The summed E-state index contributed by atoms with van der Waals surface area (Å²) in [6.45, 7) is 1.21. The Bertz CT molecular complexity index is 536. The van der Waals surface area contributed by atoms with E-state index in [0.29, 0.717) is 0 Å². The molecule has 0 aliphatic heterocycles. The second-order valence-electron chi connectivity index (χ2n) is 4.07. The number of hydrogen-bond donors (Lipinski definition) is 3. The van der Waals surface area contributed by atoms with Crippen molar-refractivity contribution in [1.82, 2.24) is 0 Å². The Labute approximate surface area is 115 Å². The molecule has 0 aromatic heterocycles. The van der Waals surface area contributed by atoms with E-state index >= 15 is 0 Å². The molecule has 0 aliphatic rings. The van der Waals surface area contributed by atoms with Crippen molar-refractivity contribution >= 4 is 13.1 Å². The van der Waals surface area contributed by atoms with E-state index in [4.69, 9.17) is 10.5 Å². The molecule has 4 N–H and O–H groups in total. The summed E-state index contributed by atoms with van der Waals surface area (Å²) in [4.78, 5) is 19.9. The van der Waals surface area contributed by atoms with Gasteiger partial charge in [0.15, 0.2) is 11.6 Å². The normalized spacial score (nSPS) is 15.4. The largest absolute Gasteiger partial charge is 0.490 e. The molecule has 0 saturated heterocycles. The molecule has 0 fully saturated rings. The first-order chi connectivity index (χ1) is 9.33. The lowest BCUT2D eigenvalue weighted by molar-refractivity contribution is -0.385. The van der Waals surface area contributed by atoms with Crippen molar-refractivity contribution in [3.05, 3.63) is 40.4 Å². The SMILES string of the molecule is COc1ccc(C(O)P(=O)(O)CC[CH]N)cc1[N+](=O)[O-]. The number of nitro groups is 1. The van der Waals surface area contributed by atoms with Gasteiger partial charge >= 0.3 is 5.69 Å². The maximum absolute atomic E-state index is 11.9. The van der Waals surface area contributed by atoms with Crippen LogP contribution in [0.2, 0.25) is 0 Å². The van der Waals surface area contributed by atoms with Crippen LogP contribution in [0.5, 0.6) is 5.75 Å².